The molecule has 0 nitrogen and oxygen atoms in total. The molecular weight excluding hydrogens is 587 g/mol. The van der Waals surface area contributed by atoms with Crippen LogP contribution in [0.2, 0.25) is 0 Å². The molecule has 0 unspecified atom stereocenters. The van der Waals surface area contributed by atoms with Gasteiger partial charge in [0.2, 0.25) is 0 Å². The minimum absolute atomic E-state index is 0. The quantitative estimate of drug-likeness (QED) is 0.211. The van der Waals surface area contributed by atoms with Crippen molar-refractivity contribution in [2.45, 2.75) is 65.2 Å². The van der Waals surface area contributed by atoms with Gasteiger partial charge in [-0.3, -0.25) is 6.08 Å². The molecule has 0 saturated carbocycles. The van der Waals surface area contributed by atoms with Crippen LogP contribution in [-0.2, 0) is 37.2 Å². The summed E-state index contributed by atoms with van der Waals surface area (Å²) in [5.74, 6) is 0. The second kappa shape index (κ2) is 15.8. The molecule has 0 atom stereocenters. The zero-order valence-corrected chi connectivity index (χ0v) is 28.6. The third kappa shape index (κ3) is 8.55. The summed E-state index contributed by atoms with van der Waals surface area (Å²) in [4.78, 5) is 0. The monoisotopic (exact) mass is 626 g/mol. The van der Waals surface area contributed by atoms with Crippen LogP contribution in [-0.4, -0.2) is 3.81 Å². The van der Waals surface area contributed by atoms with Crippen molar-refractivity contribution < 1.29 is 44.8 Å². The number of hydrogen-bond acceptors (Lipinski definition) is 0. The molecule has 2 aliphatic carbocycles. The molecule has 216 valence electrons. The number of rotatable bonds is 4. The Hall–Kier alpha value is -2.48. The van der Waals surface area contributed by atoms with Gasteiger partial charge in [0.15, 0.2) is 0 Å². The van der Waals surface area contributed by atoms with Gasteiger partial charge in [0.1, 0.15) is 0 Å². The molecule has 2 aliphatic rings. The number of allylic oxidation sites excluding steroid dienone is 4. The van der Waals surface area contributed by atoms with E-state index in [1.165, 1.54) is 48.3 Å². The molecule has 0 radical (unpaired) electrons. The van der Waals surface area contributed by atoms with Gasteiger partial charge >= 0.3 is 37.6 Å². The van der Waals surface area contributed by atoms with E-state index in [9.17, 15) is 0 Å². The van der Waals surface area contributed by atoms with Crippen molar-refractivity contribution >= 4 is 3.81 Å². The maximum absolute atomic E-state index is 3.80. The molecule has 0 heterocycles. The van der Waals surface area contributed by atoms with Crippen LogP contribution in [0.25, 0.3) is 11.1 Å². The van der Waals surface area contributed by atoms with E-state index in [1.54, 1.807) is 0 Å². The zero-order valence-electron chi connectivity index (χ0n) is 25.6. The predicted octanol–water partition coefficient (Wildman–Crippen LogP) is 3.77. The van der Waals surface area contributed by atoms with E-state index in [1.807, 2.05) is 12.2 Å². The van der Waals surface area contributed by atoms with Crippen molar-refractivity contribution in [3.63, 3.8) is 0 Å². The van der Waals surface area contributed by atoms with E-state index < -0.39 is 0 Å². The van der Waals surface area contributed by atoms with Gasteiger partial charge in [-0.2, -0.15) is 29.8 Å². The molecule has 0 aromatic heterocycles. The van der Waals surface area contributed by atoms with Crippen molar-refractivity contribution in [1.82, 2.24) is 0 Å². The molecule has 0 aliphatic heterocycles. The molecule has 0 amide bonds. The number of hydrogen-bond donors (Lipinski definition) is 0. The van der Waals surface area contributed by atoms with E-state index in [0.717, 1.165) is 12.8 Å². The molecule has 0 fully saturated rings. The van der Waals surface area contributed by atoms with E-state index >= 15 is 0 Å². The van der Waals surface area contributed by atoms with E-state index in [4.69, 9.17) is 0 Å². The molecule has 4 aromatic carbocycles. The van der Waals surface area contributed by atoms with E-state index in [0.29, 0.717) is 0 Å². The summed E-state index contributed by atoms with van der Waals surface area (Å²) in [6.45, 7) is 13.4. The SMILES string of the molecule is CC(C)(c1[c-]c2c(cc1)-c1ccc(C(C)(C)c3ccccc3)cc1C2)c1ccccc1.C[C](C)=[Ti+2].[C-]1=CC=CC1.[Cl-].[Cl-]. The summed E-state index contributed by atoms with van der Waals surface area (Å²) in [5, 5.41) is 0. The van der Waals surface area contributed by atoms with Gasteiger partial charge in [-0.05, 0) is 34.1 Å². The molecule has 42 heavy (non-hydrogen) atoms. The van der Waals surface area contributed by atoms with Crippen LogP contribution in [0, 0.1) is 12.1 Å². The summed E-state index contributed by atoms with van der Waals surface area (Å²) in [7, 11) is 0. The van der Waals surface area contributed by atoms with Gasteiger partial charge < -0.3 is 24.8 Å². The van der Waals surface area contributed by atoms with Gasteiger partial charge in [0, 0.05) is 5.41 Å². The molecule has 6 rings (SSSR count). The predicted molar refractivity (Wildman–Crippen MR) is 169 cm³/mol. The summed E-state index contributed by atoms with van der Waals surface area (Å²) < 4.78 is 1.42. The average molecular weight is 628 g/mol. The van der Waals surface area contributed by atoms with Crippen molar-refractivity contribution in [2.75, 3.05) is 0 Å². The van der Waals surface area contributed by atoms with Gasteiger partial charge in [-0.15, -0.1) is 17.5 Å². The van der Waals surface area contributed by atoms with Crippen LogP contribution < -0.4 is 24.8 Å². The first-order chi connectivity index (χ1) is 19.1. The molecule has 0 spiro atoms. The minimum Gasteiger partial charge on any atom is -1.00 e. The summed E-state index contributed by atoms with van der Waals surface area (Å²) in [6.07, 6.45) is 11.0. The van der Waals surface area contributed by atoms with Crippen molar-refractivity contribution in [3.05, 3.63) is 155 Å². The van der Waals surface area contributed by atoms with Crippen LogP contribution >= 0.6 is 0 Å². The second-order valence-corrected chi connectivity index (χ2v) is 13.4. The van der Waals surface area contributed by atoms with Crippen molar-refractivity contribution in [1.29, 1.82) is 0 Å². The van der Waals surface area contributed by atoms with Gasteiger partial charge in [0.05, 0.1) is 0 Å². The fourth-order valence-electron chi connectivity index (χ4n) is 5.25. The van der Waals surface area contributed by atoms with Crippen LogP contribution in [0.4, 0.5) is 0 Å². The number of benzene rings is 4. The fraction of sp³-hybridized carbons (Fsp3) is 0.256. The summed E-state index contributed by atoms with van der Waals surface area (Å²) in [5.41, 5.74) is 10.7. The van der Waals surface area contributed by atoms with Crippen LogP contribution in [0.3, 0.4) is 0 Å². The Labute approximate surface area is 278 Å². The summed E-state index contributed by atoms with van der Waals surface area (Å²) in [6, 6.07) is 37.0. The first kappa shape index (κ1) is 35.7. The van der Waals surface area contributed by atoms with Crippen LogP contribution in [0.1, 0.15) is 81.3 Å². The molecule has 0 N–H and O–H groups in total. The van der Waals surface area contributed by atoms with Gasteiger partial charge in [-0.25, -0.2) is 12.2 Å². The Balaban J connectivity index is 0.000000487. The third-order valence-corrected chi connectivity index (χ3v) is 7.76. The van der Waals surface area contributed by atoms with Crippen molar-refractivity contribution in [3.8, 4) is 11.1 Å². The average Bonchev–Trinajstić information content (AvgIpc) is 3.65. The Morgan fingerprint density at radius 2 is 1.24 bits per heavy atom. The standard InChI is InChI=1S/C31H29.C5H5.C3H6.2ClH.Ti/c1-30(2,24-11-7-5-8-12-24)26-15-17-28-22(20-26)19-23-21-27(16-18-29(23)28)31(3,4)25-13-9-6-10-14-25;1-2-4-5-3-1;1-3-2;;;/h5-18,20H,19H2,1-4H3;1-3H,4H2;1-2H3;2*1H;/q2*-1;;;;+2/p-2. The molecular formula is C39H40Cl2Ti-2. The normalized spacial score (nSPS) is 12.4. The molecule has 3 heteroatoms. The first-order valence-corrected chi connectivity index (χ1v) is 14.9. The largest absolute Gasteiger partial charge is 1.00 e. The maximum Gasteiger partial charge on any atom is -0.109 e. The third-order valence-electron chi connectivity index (χ3n) is 7.76. The number of fused-ring (bicyclic) bond motifs is 3. The Morgan fingerprint density at radius 1 is 0.690 bits per heavy atom. The fourth-order valence-corrected chi connectivity index (χ4v) is 5.25. The second-order valence-electron chi connectivity index (χ2n) is 11.8. The topological polar surface area (TPSA) is 0 Å². The first-order valence-electron chi connectivity index (χ1n) is 14.1. The maximum atomic E-state index is 3.80. The summed E-state index contributed by atoms with van der Waals surface area (Å²) >= 11 is 2.08. The smallest absolute Gasteiger partial charge is 0.109 e. The Bertz CT molecular complexity index is 1400. The van der Waals surface area contributed by atoms with E-state index in [2.05, 4.69) is 171 Å². The Morgan fingerprint density at radius 3 is 1.74 bits per heavy atom. The Kier molecular flexibility index (Phi) is 13.5. The minimum atomic E-state index is -0.0640. The number of halogens is 2. The molecule has 0 saturated heterocycles. The molecule has 0 bridgehead atoms. The van der Waals surface area contributed by atoms with Gasteiger partial charge in [-0.1, -0.05) is 112 Å². The van der Waals surface area contributed by atoms with Crippen LogP contribution in [0.5, 0.6) is 0 Å². The van der Waals surface area contributed by atoms with Gasteiger partial charge in [0.25, 0.3) is 0 Å². The van der Waals surface area contributed by atoms with E-state index in [-0.39, 0.29) is 35.6 Å². The zero-order chi connectivity index (χ0) is 28.8. The molecule has 4 aromatic rings. The van der Waals surface area contributed by atoms with Crippen molar-refractivity contribution in [2.24, 2.45) is 0 Å². The van der Waals surface area contributed by atoms with Crippen LogP contribution in [0.15, 0.2) is 109 Å².